The molecule has 3 heteroatoms. The first-order valence-electron chi connectivity index (χ1n) is 6.33. The standard InChI is InChI=1S/C14H20N2O/c1-2-15-8-10-16(11-9-15)14-5-3-13(4-6-14)7-12-17/h3-6,12H,2,7-11H2,1H3. The average molecular weight is 232 g/mol. The van der Waals surface area contributed by atoms with Gasteiger partial charge in [-0.15, -0.1) is 0 Å². The normalized spacial score (nSPS) is 17.1. The lowest BCUT2D eigenvalue weighted by Crippen LogP contribution is -2.46. The van der Waals surface area contributed by atoms with Crippen LogP contribution in [-0.4, -0.2) is 43.9 Å². The number of hydrogen-bond acceptors (Lipinski definition) is 3. The minimum absolute atomic E-state index is 0.518. The summed E-state index contributed by atoms with van der Waals surface area (Å²) in [6.45, 7) is 7.84. The molecule has 0 amide bonds. The van der Waals surface area contributed by atoms with Crippen molar-refractivity contribution in [3.63, 3.8) is 0 Å². The van der Waals surface area contributed by atoms with Gasteiger partial charge in [0.15, 0.2) is 0 Å². The zero-order chi connectivity index (χ0) is 12.1. The van der Waals surface area contributed by atoms with E-state index in [0.717, 1.165) is 44.6 Å². The van der Waals surface area contributed by atoms with Crippen LogP contribution in [-0.2, 0) is 11.2 Å². The van der Waals surface area contributed by atoms with E-state index in [4.69, 9.17) is 0 Å². The van der Waals surface area contributed by atoms with Gasteiger partial charge in [-0.2, -0.15) is 0 Å². The maximum absolute atomic E-state index is 10.4. The van der Waals surface area contributed by atoms with Gasteiger partial charge in [-0.3, -0.25) is 0 Å². The molecule has 0 atom stereocenters. The third kappa shape index (κ3) is 3.07. The van der Waals surface area contributed by atoms with Crippen molar-refractivity contribution in [2.45, 2.75) is 13.3 Å². The van der Waals surface area contributed by atoms with E-state index in [-0.39, 0.29) is 0 Å². The van der Waals surface area contributed by atoms with Gasteiger partial charge in [0.25, 0.3) is 0 Å². The van der Waals surface area contributed by atoms with Crippen LogP contribution in [0.4, 0.5) is 5.69 Å². The smallest absolute Gasteiger partial charge is 0.124 e. The van der Waals surface area contributed by atoms with Crippen LogP contribution in [0.2, 0.25) is 0 Å². The molecule has 17 heavy (non-hydrogen) atoms. The number of nitrogens with zero attached hydrogens (tertiary/aromatic N) is 2. The maximum Gasteiger partial charge on any atom is 0.124 e. The third-order valence-corrected chi connectivity index (χ3v) is 3.44. The maximum atomic E-state index is 10.4. The van der Waals surface area contributed by atoms with Gasteiger partial charge in [-0.05, 0) is 24.2 Å². The molecule has 0 spiro atoms. The van der Waals surface area contributed by atoms with E-state index in [1.807, 2.05) is 0 Å². The van der Waals surface area contributed by atoms with E-state index in [2.05, 4.69) is 41.0 Å². The van der Waals surface area contributed by atoms with Gasteiger partial charge < -0.3 is 14.6 Å². The number of carbonyl (C=O) groups excluding carboxylic acids is 1. The molecule has 1 aromatic carbocycles. The minimum atomic E-state index is 0.518. The highest BCUT2D eigenvalue weighted by Crippen LogP contribution is 2.17. The van der Waals surface area contributed by atoms with E-state index in [1.165, 1.54) is 5.69 Å². The molecule has 0 radical (unpaired) electrons. The van der Waals surface area contributed by atoms with Gasteiger partial charge in [-0.1, -0.05) is 19.1 Å². The second-order valence-electron chi connectivity index (χ2n) is 4.46. The Hall–Kier alpha value is -1.35. The zero-order valence-electron chi connectivity index (χ0n) is 10.4. The van der Waals surface area contributed by atoms with Crippen molar-refractivity contribution < 1.29 is 4.79 Å². The van der Waals surface area contributed by atoms with Crippen LogP contribution >= 0.6 is 0 Å². The fourth-order valence-corrected chi connectivity index (χ4v) is 2.26. The van der Waals surface area contributed by atoms with Crippen LogP contribution < -0.4 is 4.90 Å². The van der Waals surface area contributed by atoms with Gasteiger partial charge in [0.1, 0.15) is 6.29 Å². The summed E-state index contributed by atoms with van der Waals surface area (Å²) in [6.07, 6.45) is 1.47. The molecule has 0 aromatic heterocycles. The molecule has 0 bridgehead atoms. The number of carbonyl (C=O) groups is 1. The highest BCUT2D eigenvalue weighted by Gasteiger charge is 2.15. The number of benzene rings is 1. The molecule has 0 aliphatic carbocycles. The summed E-state index contributed by atoms with van der Waals surface area (Å²) in [7, 11) is 0. The van der Waals surface area contributed by atoms with Crippen molar-refractivity contribution in [1.29, 1.82) is 0 Å². The van der Waals surface area contributed by atoms with Crippen LogP contribution in [0.5, 0.6) is 0 Å². The van der Waals surface area contributed by atoms with E-state index >= 15 is 0 Å². The van der Waals surface area contributed by atoms with Crippen molar-refractivity contribution >= 4 is 12.0 Å². The van der Waals surface area contributed by atoms with E-state index in [9.17, 15) is 4.79 Å². The summed E-state index contributed by atoms with van der Waals surface area (Å²) in [4.78, 5) is 15.3. The van der Waals surface area contributed by atoms with Gasteiger partial charge in [0.2, 0.25) is 0 Å². The van der Waals surface area contributed by atoms with Gasteiger partial charge in [-0.25, -0.2) is 0 Å². The monoisotopic (exact) mass is 232 g/mol. The molecule has 2 rings (SSSR count). The summed E-state index contributed by atoms with van der Waals surface area (Å²) in [5, 5.41) is 0. The highest BCUT2D eigenvalue weighted by atomic mass is 16.1. The molecule has 1 saturated heterocycles. The molecule has 0 saturated carbocycles. The molecule has 1 aliphatic rings. The molecule has 1 fully saturated rings. The first kappa shape index (κ1) is 12.1. The van der Waals surface area contributed by atoms with E-state index in [1.54, 1.807) is 0 Å². The molecule has 1 aliphatic heterocycles. The number of rotatable bonds is 4. The van der Waals surface area contributed by atoms with Crippen molar-refractivity contribution in [2.75, 3.05) is 37.6 Å². The minimum Gasteiger partial charge on any atom is -0.369 e. The fraction of sp³-hybridized carbons (Fsp3) is 0.500. The van der Waals surface area contributed by atoms with Crippen LogP contribution in [0.25, 0.3) is 0 Å². The molecular formula is C14H20N2O. The van der Waals surface area contributed by atoms with Crippen molar-refractivity contribution in [3.8, 4) is 0 Å². The van der Waals surface area contributed by atoms with Crippen LogP contribution in [0.15, 0.2) is 24.3 Å². The van der Waals surface area contributed by atoms with Crippen molar-refractivity contribution in [3.05, 3.63) is 29.8 Å². The van der Waals surface area contributed by atoms with Crippen molar-refractivity contribution in [1.82, 2.24) is 4.90 Å². The Morgan fingerprint density at radius 3 is 2.29 bits per heavy atom. The molecular weight excluding hydrogens is 212 g/mol. The quantitative estimate of drug-likeness (QED) is 0.736. The lowest BCUT2D eigenvalue weighted by molar-refractivity contribution is -0.107. The summed E-state index contributed by atoms with van der Waals surface area (Å²) in [5.74, 6) is 0. The number of piperazine rings is 1. The van der Waals surface area contributed by atoms with Crippen LogP contribution in [0.3, 0.4) is 0 Å². The number of likely N-dealkylation sites (N-methyl/N-ethyl adjacent to an activating group) is 1. The molecule has 1 heterocycles. The van der Waals surface area contributed by atoms with Gasteiger partial charge >= 0.3 is 0 Å². The predicted molar refractivity (Wildman–Crippen MR) is 70.5 cm³/mol. The number of aldehydes is 1. The third-order valence-electron chi connectivity index (χ3n) is 3.44. The average Bonchev–Trinajstić information content (AvgIpc) is 2.40. The Balaban J connectivity index is 1.96. The molecule has 0 unspecified atom stereocenters. The Labute approximate surface area is 103 Å². The summed E-state index contributed by atoms with van der Waals surface area (Å²) < 4.78 is 0. The Bertz CT molecular complexity index is 353. The SMILES string of the molecule is CCN1CCN(c2ccc(CC=O)cc2)CC1. The van der Waals surface area contributed by atoms with E-state index < -0.39 is 0 Å². The Morgan fingerprint density at radius 2 is 1.76 bits per heavy atom. The zero-order valence-corrected chi connectivity index (χ0v) is 10.4. The summed E-state index contributed by atoms with van der Waals surface area (Å²) in [5.41, 5.74) is 2.37. The first-order valence-corrected chi connectivity index (χ1v) is 6.33. The Morgan fingerprint density at radius 1 is 1.12 bits per heavy atom. The number of anilines is 1. The molecule has 0 N–H and O–H groups in total. The number of hydrogen-bond donors (Lipinski definition) is 0. The second-order valence-corrected chi connectivity index (χ2v) is 4.46. The first-order chi connectivity index (χ1) is 8.33. The summed E-state index contributed by atoms with van der Waals surface area (Å²) >= 11 is 0. The Kier molecular flexibility index (Phi) is 4.15. The lowest BCUT2D eigenvalue weighted by atomic mass is 10.1. The van der Waals surface area contributed by atoms with Gasteiger partial charge in [0, 0.05) is 38.3 Å². The fourth-order valence-electron chi connectivity index (χ4n) is 2.26. The lowest BCUT2D eigenvalue weighted by Gasteiger charge is -2.35. The van der Waals surface area contributed by atoms with Crippen molar-refractivity contribution in [2.24, 2.45) is 0 Å². The molecule has 3 nitrogen and oxygen atoms in total. The van der Waals surface area contributed by atoms with Gasteiger partial charge in [0.05, 0.1) is 0 Å². The summed E-state index contributed by atoms with van der Waals surface area (Å²) in [6, 6.07) is 8.35. The predicted octanol–water partition coefficient (Wildman–Crippen LogP) is 1.57. The largest absolute Gasteiger partial charge is 0.369 e. The van der Waals surface area contributed by atoms with E-state index in [0.29, 0.717) is 6.42 Å². The molecule has 92 valence electrons. The highest BCUT2D eigenvalue weighted by molar-refractivity contribution is 5.57. The topological polar surface area (TPSA) is 23.6 Å². The van der Waals surface area contributed by atoms with Crippen LogP contribution in [0, 0.1) is 0 Å². The van der Waals surface area contributed by atoms with Crippen LogP contribution in [0.1, 0.15) is 12.5 Å². The molecule has 1 aromatic rings. The second kappa shape index (κ2) is 5.82.